The first-order valence-electron chi connectivity index (χ1n) is 8.31. The first-order chi connectivity index (χ1) is 11.9. The van der Waals surface area contributed by atoms with Crippen LogP contribution < -0.4 is 5.32 Å². The molecular formula is C17H22F3N5. The van der Waals surface area contributed by atoms with Gasteiger partial charge < -0.3 is 9.88 Å². The summed E-state index contributed by atoms with van der Waals surface area (Å²) in [5.41, 5.74) is 1.17. The van der Waals surface area contributed by atoms with Crippen molar-refractivity contribution in [3.8, 4) is 0 Å². The number of imidazole rings is 1. The number of rotatable bonds is 6. The number of halogens is 3. The van der Waals surface area contributed by atoms with Crippen molar-refractivity contribution >= 4 is 0 Å². The van der Waals surface area contributed by atoms with E-state index in [4.69, 9.17) is 0 Å². The zero-order valence-corrected chi connectivity index (χ0v) is 14.1. The molecule has 2 aromatic heterocycles. The van der Waals surface area contributed by atoms with E-state index in [2.05, 4.69) is 33.3 Å². The monoisotopic (exact) mass is 353 g/mol. The summed E-state index contributed by atoms with van der Waals surface area (Å²) in [6.07, 6.45) is 3.22. The average Bonchev–Trinajstić information content (AvgIpc) is 3.14. The van der Waals surface area contributed by atoms with Gasteiger partial charge in [0.15, 0.2) is 0 Å². The molecule has 1 aliphatic rings. The molecule has 2 aromatic rings. The van der Waals surface area contributed by atoms with E-state index in [0.29, 0.717) is 18.3 Å². The molecule has 0 bridgehead atoms. The lowest BCUT2D eigenvalue weighted by molar-refractivity contribution is -0.141. The smallest absolute Gasteiger partial charge is 0.325 e. The first-order valence-corrected chi connectivity index (χ1v) is 8.31. The van der Waals surface area contributed by atoms with Gasteiger partial charge in [-0.1, -0.05) is 6.07 Å². The number of pyridine rings is 1. The van der Waals surface area contributed by atoms with Crippen molar-refractivity contribution in [1.82, 2.24) is 24.8 Å². The Bertz CT molecular complexity index is 670. The van der Waals surface area contributed by atoms with Gasteiger partial charge in [0.1, 0.15) is 12.4 Å². The van der Waals surface area contributed by atoms with Crippen LogP contribution in [0.25, 0.3) is 0 Å². The van der Waals surface area contributed by atoms with Crippen molar-refractivity contribution in [2.45, 2.75) is 31.7 Å². The lowest BCUT2D eigenvalue weighted by Crippen LogP contribution is -2.29. The van der Waals surface area contributed by atoms with E-state index in [1.54, 1.807) is 6.20 Å². The molecular weight excluding hydrogens is 331 g/mol. The third kappa shape index (κ3) is 4.58. The second-order valence-electron chi connectivity index (χ2n) is 6.48. The van der Waals surface area contributed by atoms with Crippen LogP contribution >= 0.6 is 0 Å². The highest BCUT2D eigenvalue weighted by Crippen LogP contribution is 2.35. The maximum absolute atomic E-state index is 12.6. The van der Waals surface area contributed by atoms with Crippen molar-refractivity contribution in [1.29, 1.82) is 0 Å². The number of alkyl halides is 3. The predicted octanol–water partition coefficient (Wildman–Crippen LogP) is 2.62. The molecule has 0 saturated carbocycles. The quantitative estimate of drug-likeness (QED) is 0.867. The Labute approximate surface area is 144 Å². The Morgan fingerprint density at radius 3 is 2.88 bits per heavy atom. The Morgan fingerprint density at radius 2 is 2.16 bits per heavy atom. The van der Waals surface area contributed by atoms with Crippen LogP contribution in [0.1, 0.15) is 23.9 Å². The number of likely N-dealkylation sites (tertiary alicyclic amines) is 1. The summed E-state index contributed by atoms with van der Waals surface area (Å²) >= 11 is 0. The molecule has 0 unspecified atom stereocenters. The van der Waals surface area contributed by atoms with Crippen LogP contribution in [0.5, 0.6) is 0 Å². The minimum atomic E-state index is -4.24. The highest BCUT2D eigenvalue weighted by molar-refractivity contribution is 5.17. The largest absolute Gasteiger partial charge is 0.406 e. The maximum Gasteiger partial charge on any atom is 0.406 e. The van der Waals surface area contributed by atoms with E-state index in [9.17, 15) is 13.2 Å². The van der Waals surface area contributed by atoms with Crippen LogP contribution in [0.2, 0.25) is 0 Å². The second kappa shape index (κ2) is 7.53. The minimum absolute atomic E-state index is 0.274. The molecule has 0 radical (unpaired) electrons. The molecule has 25 heavy (non-hydrogen) atoms. The third-order valence-corrected chi connectivity index (χ3v) is 4.64. The Morgan fingerprint density at radius 1 is 1.32 bits per heavy atom. The number of hydrogen-bond acceptors (Lipinski definition) is 4. The van der Waals surface area contributed by atoms with E-state index in [1.807, 2.05) is 12.3 Å². The molecule has 1 aliphatic heterocycles. The highest BCUT2D eigenvalue weighted by Gasteiger charge is 2.33. The van der Waals surface area contributed by atoms with E-state index < -0.39 is 12.7 Å². The fraction of sp³-hybridized carbons (Fsp3) is 0.529. The lowest BCUT2D eigenvalue weighted by atomic mass is 9.95. The van der Waals surface area contributed by atoms with Crippen molar-refractivity contribution in [2.75, 3.05) is 20.1 Å². The number of nitrogens with zero attached hydrogens (tertiary/aromatic N) is 4. The van der Waals surface area contributed by atoms with Crippen LogP contribution in [0.3, 0.4) is 0 Å². The summed E-state index contributed by atoms with van der Waals surface area (Å²) in [6, 6.07) is 4.28. The van der Waals surface area contributed by atoms with E-state index >= 15 is 0 Å². The Balaban J connectivity index is 1.58. The standard InChI is InChI=1S/C17H22F3N5/c1-24-7-4-14(16(24)13-3-2-5-21-9-13)10-22-11-15-23-6-8-25(15)12-17(18,19)20/h2-3,5-6,8-9,14,16,22H,4,7,10-12H2,1H3/t14-,16-/m0/s1. The van der Waals surface area contributed by atoms with Crippen LogP contribution in [0.4, 0.5) is 13.2 Å². The van der Waals surface area contributed by atoms with Gasteiger partial charge in [0.05, 0.1) is 6.54 Å². The Kier molecular flexibility index (Phi) is 5.39. The second-order valence-corrected chi connectivity index (χ2v) is 6.48. The molecule has 0 amide bonds. The topological polar surface area (TPSA) is 46.0 Å². The summed E-state index contributed by atoms with van der Waals surface area (Å²) in [6.45, 7) is 1.04. The van der Waals surface area contributed by atoms with Crippen molar-refractivity contribution in [3.05, 3.63) is 48.3 Å². The normalized spacial score (nSPS) is 21.8. The summed E-state index contributed by atoms with van der Waals surface area (Å²) < 4.78 is 38.9. The van der Waals surface area contributed by atoms with Gasteiger partial charge >= 0.3 is 6.18 Å². The van der Waals surface area contributed by atoms with Crippen molar-refractivity contribution in [3.63, 3.8) is 0 Å². The van der Waals surface area contributed by atoms with Crippen molar-refractivity contribution < 1.29 is 13.2 Å². The SMILES string of the molecule is CN1CC[C@@H](CNCc2nccn2CC(F)(F)F)[C@@H]1c1cccnc1. The predicted molar refractivity (Wildman–Crippen MR) is 87.7 cm³/mol. The molecule has 0 aromatic carbocycles. The molecule has 0 aliphatic carbocycles. The molecule has 0 spiro atoms. The van der Waals surface area contributed by atoms with Gasteiger partial charge in [0.2, 0.25) is 0 Å². The molecule has 3 heterocycles. The van der Waals surface area contributed by atoms with E-state index in [-0.39, 0.29) is 6.04 Å². The Hall–Kier alpha value is -1.93. The fourth-order valence-electron chi connectivity index (χ4n) is 3.53. The van der Waals surface area contributed by atoms with Gasteiger partial charge in [-0.3, -0.25) is 9.88 Å². The highest BCUT2D eigenvalue weighted by atomic mass is 19.4. The van der Waals surface area contributed by atoms with Crippen LogP contribution in [-0.2, 0) is 13.1 Å². The molecule has 2 atom stereocenters. The molecule has 136 valence electrons. The van der Waals surface area contributed by atoms with Gasteiger partial charge in [0.25, 0.3) is 0 Å². The first kappa shape index (κ1) is 17.9. The summed E-state index contributed by atoms with van der Waals surface area (Å²) in [5.74, 6) is 0.793. The van der Waals surface area contributed by atoms with Gasteiger partial charge in [-0.15, -0.1) is 0 Å². The molecule has 1 saturated heterocycles. The molecule has 3 rings (SSSR count). The fourth-order valence-corrected chi connectivity index (χ4v) is 3.53. The third-order valence-electron chi connectivity index (χ3n) is 4.64. The van der Waals surface area contributed by atoms with Gasteiger partial charge in [-0.2, -0.15) is 13.2 Å². The van der Waals surface area contributed by atoms with Crippen LogP contribution in [-0.4, -0.2) is 45.7 Å². The maximum atomic E-state index is 12.6. The van der Waals surface area contributed by atoms with Crippen LogP contribution in [0.15, 0.2) is 36.9 Å². The van der Waals surface area contributed by atoms with Gasteiger partial charge in [-0.05, 0) is 37.6 Å². The number of hydrogen-bond donors (Lipinski definition) is 1. The van der Waals surface area contributed by atoms with Crippen molar-refractivity contribution in [2.24, 2.45) is 5.92 Å². The zero-order chi connectivity index (χ0) is 17.9. The number of aromatic nitrogens is 3. The molecule has 1 fully saturated rings. The van der Waals surface area contributed by atoms with E-state index in [1.165, 1.54) is 18.0 Å². The van der Waals surface area contributed by atoms with E-state index in [0.717, 1.165) is 24.1 Å². The summed E-state index contributed by atoms with van der Waals surface area (Å²) in [4.78, 5) is 10.5. The van der Waals surface area contributed by atoms with Crippen LogP contribution in [0, 0.1) is 5.92 Å². The molecule has 1 N–H and O–H groups in total. The molecule has 5 nitrogen and oxygen atoms in total. The summed E-state index contributed by atoms with van der Waals surface area (Å²) in [7, 11) is 2.09. The average molecular weight is 353 g/mol. The minimum Gasteiger partial charge on any atom is -0.325 e. The van der Waals surface area contributed by atoms with Gasteiger partial charge in [0, 0.05) is 37.4 Å². The zero-order valence-electron chi connectivity index (χ0n) is 14.1. The summed E-state index contributed by atoms with van der Waals surface area (Å²) in [5, 5.41) is 3.28. The van der Waals surface area contributed by atoms with Gasteiger partial charge in [-0.25, -0.2) is 4.98 Å². The lowest BCUT2D eigenvalue weighted by Gasteiger charge is -2.25. The molecule has 8 heteroatoms. The number of nitrogens with one attached hydrogen (secondary N) is 1.